The molecule has 0 aromatic heterocycles. The fourth-order valence-electron chi connectivity index (χ4n) is 2.24. The molecule has 0 aromatic carbocycles. The highest BCUT2D eigenvalue weighted by molar-refractivity contribution is 5.85. The Kier molecular flexibility index (Phi) is 3.56. The maximum absolute atomic E-state index is 11.7. The van der Waals surface area contributed by atoms with E-state index in [1.807, 2.05) is 11.9 Å². The summed E-state index contributed by atoms with van der Waals surface area (Å²) in [6.45, 7) is 1.87. The van der Waals surface area contributed by atoms with Crippen molar-refractivity contribution < 1.29 is 4.79 Å². The second-order valence-electron chi connectivity index (χ2n) is 3.89. The van der Waals surface area contributed by atoms with E-state index in [1.165, 1.54) is 12.8 Å². The van der Waals surface area contributed by atoms with E-state index in [2.05, 4.69) is 5.32 Å². The van der Waals surface area contributed by atoms with E-state index in [-0.39, 0.29) is 18.3 Å². The van der Waals surface area contributed by atoms with Crippen LogP contribution >= 0.6 is 12.4 Å². The molecule has 0 radical (unpaired) electrons. The van der Waals surface area contributed by atoms with Gasteiger partial charge in [-0.25, -0.2) is 0 Å². The van der Waals surface area contributed by atoms with E-state index in [4.69, 9.17) is 0 Å². The second kappa shape index (κ2) is 4.29. The molecule has 0 aliphatic carbocycles. The van der Waals surface area contributed by atoms with Crippen LogP contribution in [0.2, 0.25) is 0 Å². The number of hydrogen-bond donors (Lipinski definition) is 1. The first kappa shape index (κ1) is 10.8. The molecular formula is C9H17ClN2O. The minimum Gasteiger partial charge on any atom is -0.341 e. The van der Waals surface area contributed by atoms with Crippen LogP contribution in [0, 0.1) is 5.92 Å². The van der Waals surface area contributed by atoms with E-state index in [1.54, 1.807) is 0 Å². The molecule has 2 bridgehead atoms. The average molecular weight is 205 g/mol. The molecule has 2 fully saturated rings. The van der Waals surface area contributed by atoms with Crippen LogP contribution in [-0.2, 0) is 4.79 Å². The van der Waals surface area contributed by atoms with Crippen LogP contribution in [0.5, 0.6) is 0 Å². The molecule has 2 aliphatic rings. The quantitative estimate of drug-likeness (QED) is 0.628. The zero-order valence-corrected chi connectivity index (χ0v) is 8.77. The van der Waals surface area contributed by atoms with Crippen molar-refractivity contribution >= 4 is 18.3 Å². The van der Waals surface area contributed by atoms with Gasteiger partial charge >= 0.3 is 0 Å². The largest absolute Gasteiger partial charge is 0.341 e. The van der Waals surface area contributed by atoms with Crippen LogP contribution in [0.3, 0.4) is 0 Å². The number of hydrogen-bond acceptors (Lipinski definition) is 2. The molecule has 13 heavy (non-hydrogen) atoms. The van der Waals surface area contributed by atoms with Crippen LogP contribution in [0.4, 0.5) is 0 Å². The van der Waals surface area contributed by atoms with Gasteiger partial charge in [-0.05, 0) is 12.8 Å². The van der Waals surface area contributed by atoms with Crippen LogP contribution in [0.15, 0.2) is 0 Å². The van der Waals surface area contributed by atoms with Crippen molar-refractivity contribution in [3.05, 3.63) is 0 Å². The van der Waals surface area contributed by atoms with Crippen LogP contribution in [0.1, 0.15) is 19.3 Å². The topological polar surface area (TPSA) is 32.3 Å². The third-order valence-electron chi connectivity index (χ3n) is 3.11. The van der Waals surface area contributed by atoms with Gasteiger partial charge in [0, 0.05) is 26.2 Å². The molecule has 2 heterocycles. The number of halogens is 1. The Morgan fingerprint density at radius 1 is 1.38 bits per heavy atom. The minimum absolute atomic E-state index is 0. The van der Waals surface area contributed by atoms with E-state index < -0.39 is 0 Å². The molecule has 2 saturated heterocycles. The first-order valence-electron chi connectivity index (χ1n) is 4.76. The number of nitrogens with zero attached hydrogens (tertiary/aromatic N) is 1. The first-order chi connectivity index (χ1) is 5.79. The number of rotatable bonds is 0. The van der Waals surface area contributed by atoms with Gasteiger partial charge in [-0.2, -0.15) is 0 Å². The number of likely N-dealkylation sites (N-methyl/N-ethyl adjacent to an activating group) is 1. The van der Waals surface area contributed by atoms with Crippen molar-refractivity contribution in [2.45, 2.75) is 25.3 Å². The van der Waals surface area contributed by atoms with Gasteiger partial charge in [0.15, 0.2) is 0 Å². The number of nitrogens with one attached hydrogen (secondary N) is 1. The summed E-state index contributed by atoms with van der Waals surface area (Å²) in [5.74, 6) is 0.602. The number of amides is 1. The van der Waals surface area contributed by atoms with E-state index in [0.717, 1.165) is 19.5 Å². The smallest absolute Gasteiger partial charge is 0.226 e. The predicted molar refractivity (Wildman–Crippen MR) is 54.0 cm³/mol. The second-order valence-corrected chi connectivity index (χ2v) is 3.89. The van der Waals surface area contributed by atoms with Gasteiger partial charge < -0.3 is 10.2 Å². The van der Waals surface area contributed by atoms with Crippen LogP contribution in [0.25, 0.3) is 0 Å². The lowest BCUT2D eigenvalue weighted by Gasteiger charge is -2.24. The fraction of sp³-hybridized carbons (Fsp3) is 0.889. The minimum atomic E-state index is 0. The van der Waals surface area contributed by atoms with Gasteiger partial charge in [0.1, 0.15) is 0 Å². The molecule has 2 atom stereocenters. The summed E-state index contributed by atoms with van der Waals surface area (Å²) in [5, 5.41) is 3.35. The predicted octanol–water partition coefficient (Wildman–Crippen LogP) is 0.638. The molecule has 0 saturated carbocycles. The molecule has 0 spiro atoms. The molecule has 4 heteroatoms. The van der Waals surface area contributed by atoms with Crippen molar-refractivity contribution in [3.63, 3.8) is 0 Å². The lowest BCUT2D eigenvalue weighted by atomic mass is 10.0. The van der Waals surface area contributed by atoms with Crippen molar-refractivity contribution in [1.82, 2.24) is 10.2 Å². The maximum atomic E-state index is 11.7. The van der Waals surface area contributed by atoms with Gasteiger partial charge in [0.05, 0.1) is 5.92 Å². The van der Waals surface area contributed by atoms with Gasteiger partial charge in [0.25, 0.3) is 0 Å². The molecule has 0 unspecified atom stereocenters. The summed E-state index contributed by atoms with van der Waals surface area (Å²) < 4.78 is 0. The van der Waals surface area contributed by atoms with Crippen LogP contribution < -0.4 is 5.32 Å². The van der Waals surface area contributed by atoms with Crippen molar-refractivity contribution in [2.24, 2.45) is 5.92 Å². The summed E-state index contributed by atoms with van der Waals surface area (Å²) in [6.07, 6.45) is 3.46. The van der Waals surface area contributed by atoms with E-state index >= 15 is 0 Å². The highest BCUT2D eigenvalue weighted by atomic mass is 35.5. The number of fused-ring (bicyclic) bond motifs is 3. The highest BCUT2D eigenvalue weighted by Gasteiger charge is 2.32. The Labute approximate surface area is 85.3 Å². The van der Waals surface area contributed by atoms with Gasteiger partial charge in [-0.15, -0.1) is 12.4 Å². The molecule has 1 amide bonds. The molecular weight excluding hydrogens is 188 g/mol. The van der Waals surface area contributed by atoms with Gasteiger partial charge in [-0.1, -0.05) is 6.42 Å². The summed E-state index contributed by atoms with van der Waals surface area (Å²) in [5.41, 5.74) is 0. The lowest BCUT2D eigenvalue weighted by Crippen LogP contribution is -2.39. The third kappa shape index (κ3) is 1.97. The first-order valence-corrected chi connectivity index (χ1v) is 4.76. The zero-order valence-electron chi connectivity index (χ0n) is 7.95. The van der Waals surface area contributed by atoms with Gasteiger partial charge in [-0.3, -0.25) is 4.79 Å². The molecule has 3 nitrogen and oxygen atoms in total. The van der Waals surface area contributed by atoms with Crippen molar-refractivity contribution in [2.75, 3.05) is 20.1 Å². The summed E-state index contributed by atoms with van der Waals surface area (Å²) in [7, 11) is 1.94. The molecule has 1 N–H and O–H groups in total. The fourth-order valence-corrected chi connectivity index (χ4v) is 2.24. The van der Waals surface area contributed by atoms with Crippen LogP contribution in [-0.4, -0.2) is 37.0 Å². The van der Waals surface area contributed by atoms with E-state index in [0.29, 0.717) is 11.9 Å². The Balaban J connectivity index is 0.000000845. The average Bonchev–Trinajstić information content (AvgIpc) is 2.19. The molecule has 76 valence electrons. The Hall–Kier alpha value is -0.280. The Morgan fingerprint density at radius 3 is 2.92 bits per heavy atom. The Bertz CT molecular complexity index is 184. The number of carbonyl (C=O) groups excluding carboxylic acids is 1. The third-order valence-corrected chi connectivity index (χ3v) is 3.11. The van der Waals surface area contributed by atoms with Crippen molar-refractivity contribution in [1.29, 1.82) is 0 Å². The summed E-state index contributed by atoms with van der Waals surface area (Å²) >= 11 is 0. The summed E-state index contributed by atoms with van der Waals surface area (Å²) in [4.78, 5) is 13.7. The Morgan fingerprint density at radius 2 is 2.15 bits per heavy atom. The standard InChI is InChI=1S/C9H16N2O.ClH/c1-11-8-4-2-3-7(9(11)12)5-10-6-8;/h7-8,10H,2-6H2,1H3;1H/t7-,8-;/m1./s1. The SMILES string of the molecule is CN1C(=O)[C@@H]2CCC[C@@H]1CNC2.Cl. The maximum Gasteiger partial charge on any atom is 0.226 e. The van der Waals surface area contributed by atoms with Gasteiger partial charge in [0.2, 0.25) is 5.91 Å². The van der Waals surface area contributed by atoms with Crippen molar-refractivity contribution in [3.8, 4) is 0 Å². The highest BCUT2D eigenvalue weighted by Crippen LogP contribution is 2.22. The summed E-state index contributed by atoms with van der Waals surface area (Å²) in [6, 6.07) is 0.449. The number of carbonyl (C=O) groups is 1. The zero-order chi connectivity index (χ0) is 8.55. The lowest BCUT2D eigenvalue weighted by molar-refractivity contribution is -0.134. The molecule has 2 aliphatic heterocycles. The molecule has 2 rings (SSSR count). The van der Waals surface area contributed by atoms with E-state index in [9.17, 15) is 4.79 Å². The monoisotopic (exact) mass is 204 g/mol. The normalized spacial score (nSPS) is 33.6. The molecule has 0 aromatic rings.